The predicted molar refractivity (Wildman–Crippen MR) is 193 cm³/mol. The molecule has 0 aliphatic carbocycles. The van der Waals surface area contributed by atoms with Crippen molar-refractivity contribution in [2.24, 2.45) is 0 Å². The number of nitrogens with one attached hydrogen (secondary N) is 1. The number of pyridine rings is 1. The number of carboxylic acids is 1. The van der Waals surface area contributed by atoms with Gasteiger partial charge in [-0.3, -0.25) is 15.1 Å². The Morgan fingerprint density at radius 3 is 2.59 bits per heavy atom. The van der Waals surface area contributed by atoms with Crippen molar-refractivity contribution < 1.29 is 28.9 Å². The number of ether oxygens (including phenoxy) is 2. The molecule has 1 unspecified atom stereocenters. The van der Waals surface area contributed by atoms with Gasteiger partial charge in [0.15, 0.2) is 5.58 Å². The molecule has 51 heavy (non-hydrogen) atoms. The zero-order chi connectivity index (χ0) is 36.1. The highest BCUT2D eigenvalue weighted by atomic mass is 35.5. The van der Waals surface area contributed by atoms with Crippen LogP contribution >= 0.6 is 11.6 Å². The van der Waals surface area contributed by atoms with Crippen LogP contribution < -0.4 is 19.7 Å². The zero-order valence-electron chi connectivity index (χ0n) is 28.6. The number of fused-ring (bicyclic) bond motifs is 1. The molecule has 1 aliphatic rings. The lowest BCUT2D eigenvalue weighted by Crippen LogP contribution is -2.52. The number of hydrogen-bond donors (Lipinski definition) is 3. The van der Waals surface area contributed by atoms with Crippen LogP contribution in [0.3, 0.4) is 0 Å². The largest absolute Gasteiger partial charge is 0.488 e. The number of aliphatic hydroxyl groups excluding tert-OH is 1. The van der Waals surface area contributed by atoms with Gasteiger partial charge in [-0.25, -0.2) is 0 Å². The summed E-state index contributed by atoms with van der Waals surface area (Å²) < 4.78 is 18.5. The molecule has 3 heterocycles. The second-order valence-electron chi connectivity index (χ2n) is 12.9. The zero-order valence-corrected chi connectivity index (χ0v) is 29.4. The van der Waals surface area contributed by atoms with Crippen molar-refractivity contribution in [3.63, 3.8) is 0 Å². The number of aliphatic carboxylic acids is 1. The van der Waals surface area contributed by atoms with E-state index in [9.17, 15) is 20.3 Å². The van der Waals surface area contributed by atoms with Crippen LogP contribution in [-0.2, 0) is 24.6 Å². The Morgan fingerprint density at radius 2 is 1.84 bits per heavy atom. The van der Waals surface area contributed by atoms with Gasteiger partial charge in [0.2, 0.25) is 0 Å². The summed E-state index contributed by atoms with van der Waals surface area (Å²) in [6.07, 6.45) is 3.06. The Morgan fingerprint density at radius 1 is 1.06 bits per heavy atom. The molecule has 0 saturated carbocycles. The summed E-state index contributed by atoms with van der Waals surface area (Å²) in [4.78, 5) is 25.2. The summed E-state index contributed by atoms with van der Waals surface area (Å²) in [6, 6.07) is 19.8. The molecule has 0 spiro atoms. The van der Waals surface area contributed by atoms with Gasteiger partial charge < -0.3 is 33.9 Å². The average Bonchev–Trinajstić information content (AvgIpc) is 3.57. The quantitative estimate of drug-likeness (QED) is 0.140. The van der Waals surface area contributed by atoms with Crippen molar-refractivity contribution in [2.75, 3.05) is 44.7 Å². The number of benzene rings is 3. The molecule has 1 saturated heterocycles. The van der Waals surface area contributed by atoms with Crippen LogP contribution in [-0.4, -0.2) is 76.4 Å². The number of nitrogens with zero attached hydrogens (tertiary/aromatic N) is 5. The summed E-state index contributed by atoms with van der Waals surface area (Å²) >= 11 is 6.72. The van der Waals surface area contributed by atoms with Gasteiger partial charge >= 0.3 is 5.97 Å². The first-order chi connectivity index (χ1) is 24.6. The first-order valence-corrected chi connectivity index (χ1v) is 16.9. The highest BCUT2D eigenvalue weighted by Crippen LogP contribution is 2.36. The SMILES string of the molecule is Cc1c(COc2cc(OCc3cncc(C#N)c3)c(CNC(C)(CO)C(=O)O)cc2Cl)cccc1-c1ccc2oc(N3CCN(C)CC3)nc2c1. The lowest BCUT2D eigenvalue weighted by molar-refractivity contribution is -0.145. The molecular formula is C38H39ClN6O6. The fraction of sp³-hybridized carbons (Fsp3) is 0.316. The van der Waals surface area contributed by atoms with E-state index in [-0.39, 0.29) is 19.8 Å². The fourth-order valence-corrected chi connectivity index (χ4v) is 6.00. The second-order valence-corrected chi connectivity index (χ2v) is 13.3. The summed E-state index contributed by atoms with van der Waals surface area (Å²) in [7, 11) is 2.12. The van der Waals surface area contributed by atoms with Crippen LogP contribution in [0.15, 0.2) is 71.4 Å². The molecule has 0 amide bonds. The van der Waals surface area contributed by atoms with Gasteiger partial charge in [-0.05, 0) is 67.4 Å². The molecular weight excluding hydrogens is 672 g/mol. The molecule has 1 aliphatic heterocycles. The maximum Gasteiger partial charge on any atom is 0.326 e. The minimum absolute atomic E-state index is 0.0308. The molecule has 6 rings (SSSR count). The fourth-order valence-electron chi connectivity index (χ4n) is 5.76. The number of rotatable bonds is 13. The van der Waals surface area contributed by atoms with Crippen molar-refractivity contribution in [3.05, 3.63) is 99.8 Å². The molecule has 264 valence electrons. The molecule has 1 fully saturated rings. The number of aliphatic hydroxyl groups is 1. The molecule has 5 aromatic rings. The number of carbonyl (C=O) groups is 1. The highest BCUT2D eigenvalue weighted by Gasteiger charge is 2.32. The number of likely N-dealkylation sites (N-methyl/N-ethyl adjacent to an activating group) is 1. The normalized spacial score (nSPS) is 14.6. The van der Waals surface area contributed by atoms with Crippen molar-refractivity contribution >= 4 is 34.7 Å². The molecule has 0 radical (unpaired) electrons. The molecule has 0 bridgehead atoms. The molecule has 3 aromatic carbocycles. The molecule has 13 heteroatoms. The Bertz CT molecular complexity index is 2090. The molecule has 12 nitrogen and oxygen atoms in total. The first kappa shape index (κ1) is 35.6. The molecule has 3 N–H and O–H groups in total. The number of carboxylic acid groups (broad SMARTS) is 1. The van der Waals surface area contributed by atoms with Gasteiger partial charge in [0.05, 0.1) is 17.2 Å². The average molecular weight is 711 g/mol. The van der Waals surface area contributed by atoms with E-state index in [1.54, 1.807) is 24.4 Å². The Hall–Kier alpha value is -5.19. The van der Waals surface area contributed by atoms with Gasteiger partial charge in [0.1, 0.15) is 41.8 Å². The second kappa shape index (κ2) is 15.4. The number of aromatic nitrogens is 2. The van der Waals surface area contributed by atoms with E-state index in [0.717, 1.165) is 59.5 Å². The van der Waals surface area contributed by atoms with Crippen LogP contribution in [0.4, 0.5) is 6.01 Å². The standard InChI is InChI=1S/C38H39ClN6O6/c1-24-28(5-4-6-30(24)27-7-8-33-32(15-27)43-37(51-33)45-11-9-44(3)10-12-45)22-50-35-16-34(49-21-26-13-25(17-40)18-41-19-26)29(14-31(35)39)20-42-38(2,23-46)36(47)48/h4-8,13-16,18-19,42,46H,9-12,20-23H2,1-3H3,(H,47,48). The minimum atomic E-state index is -1.59. The lowest BCUT2D eigenvalue weighted by atomic mass is 9.96. The third-order valence-electron chi connectivity index (χ3n) is 9.18. The third kappa shape index (κ3) is 8.08. The summed E-state index contributed by atoms with van der Waals surface area (Å²) in [5.74, 6) is -0.447. The van der Waals surface area contributed by atoms with Gasteiger partial charge in [-0.1, -0.05) is 35.9 Å². The van der Waals surface area contributed by atoms with Gasteiger partial charge in [-0.2, -0.15) is 10.2 Å². The first-order valence-electron chi connectivity index (χ1n) is 16.5. The number of hydrogen-bond acceptors (Lipinski definition) is 11. The van der Waals surface area contributed by atoms with E-state index in [1.807, 2.05) is 37.3 Å². The number of nitriles is 1. The predicted octanol–water partition coefficient (Wildman–Crippen LogP) is 5.56. The number of oxazole rings is 1. The highest BCUT2D eigenvalue weighted by molar-refractivity contribution is 6.32. The Labute approximate surface area is 300 Å². The molecule has 2 aromatic heterocycles. The summed E-state index contributed by atoms with van der Waals surface area (Å²) in [5.41, 5.74) is 5.62. The van der Waals surface area contributed by atoms with Crippen LogP contribution in [0.2, 0.25) is 5.02 Å². The van der Waals surface area contributed by atoms with E-state index < -0.39 is 18.1 Å². The van der Waals surface area contributed by atoms with Crippen LogP contribution in [0.25, 0.3) is 22.2 Å². The maximum atomic E-state index is 11.8. The van der Waals surface area contributed by atoms with Crippen molar-refractivity contribution in [1.82, 2.24) is 20.2 Å². The van der Waals surface area contributed by atoms with Gasteiger partial charge in [0, 0.05) is 62.3 Å². The maximum absolute atomic E-state index is 11.8. The smallest absolute Gasteiger partial charge is 0.326 e. The van der Waals surface area contributed by atoms with E-state index >= 15 is 0 Å². The van der Waals surface area contributed by atoms with E-state index in [2.05, 4.69) is 39.3 Å². The third-order valence-corrected chi connectivity index (χ3v) is 9.48. The van der Waals surface area contributed by atoms with Gasteiger partial charge in [-0.15, -0.1) is 0 Å². The van der Waals surface area contributed by atoms with E-state index in [4.69, 9.17) is 30.5 Å². The van der Waals surface area contributed by atoms with Crippen LogP contribution in [0.1, 0.15) is 34.7 Å². The number of piperazine rings is 1. The summed E-state index contributed by atoms with van der Waals surface area (Å²) in [6.45, 7) is 6.81. The van der Waals surface area contributed by atoms with Gasteiger partial charge in [0.25, 0.3) is 6.01 Å². The van der Waals surface area contributed by atoms with E-state index in [1.165, 1.54) is 13.1 Å². The Balaban J connectivity index is 1.22. The number of anilines is 1. The lowest BCUT2D eigenvalue weighted by Gasteiger charge is -2.31. The van der Waals surface area contributed by atoms with E-state index in [0.29, 0.717) is 39.2 Å². The van der Waals surface area contributed by atoms with Crippen LogP contribution in [0, 0.1) is 18.3 Å². The topological polar surface area (TPSA) is 157 Å². The molecule has 1 atom stereocenters. The monoisotopic (exact) mass is 710 g/mol. The Kier molecular flexibility index (Phi) is 10.7. The van der Waals surface area contributed by atoms with Crippen molar-refractivity contribution in [3.8, 4) is 28.7 Å². The van der Waals surface area contributed by atoms with Crippen LogP contribution in [0.5, 0.6) is 11.5 Å². The number of halogens is 1. The minimum Gasteiger partial charge on any atom is -0.488 e. The van der Waals surface area contributed by atoms with Crippen molar-refractivity contribution in [2.45, 2.75) is 39.1 Å². The van der Waals surface area contributed by atoms with Crippen molar-refractivity contribution in [1.29, 1.82) is 5.26 Å². The summed E-state index contributed by atoms with van der Waals surface area (Å²) in [5, 5.41) is 31.8.